The fourth-order valence-corrected chi connectivity index (χ4v) is 2.81. The first-order valence-electron chi connectivity index (χ1n) is 7.92. The Morgan fingerprint density at radius 2 is 2.10 bits per heavy atom. The van der Waals surface area contributed by atoms with Crippen molar-refractivity contribution in [3.63, 3.8) is 0 Å². The van der Waals surface area contributed by atoms with E-state index in [1.54, 1.807) is 0 Å². The number of anilines is 1. The van der Waals surface area contributed by atoms with Gasteiger partial charge in [0.25, 0.3) is 0 Å². The van der Waals surface area contributed by atoms with E-state index in [0.717, 1.165) is 30.5 Å². The molecule has 0 saturated heterocycles. The average molecular weight is 292 g/mol. The van der Waals surface area contributed by atoms with Gasteiger partial charge in [0, 0.05) is 23.7 Å². The zero-order valence-corrected chi connectivity index (χ0v) is 13.1. The topological polar surface area (TPSA) is 41.1 Å². The number of hydrogen-bond acceptors (Lipinski definition) is 2. The Kier molecular flexibility index (Phi) is 5.34. The van der Waals surface area contributed by atoms with E-state index in [1.807, 2.05) is 6.07 Å². The number of amides is 1. The first kappa shape index (κ1) is 16.0. The maximum absolute atomic E-state index is 14.5. The number of carbonyl (C=O) groups is 1. The minimum absolute atomic E-state index is 0.0258. The summed E-state index contributed by atoms with van der Waals surface area (Å²) in [5.74, 6) is 0.101. The van der Waals surface area contributed by atoms with Crippen LogP contribution in [0.5, 0.6) is 0 Å². The number of nitrogens with one attached hydrogen (secondary N) is 2. The van der Waals surface area contributed by atoms with E-state index in [-0.39, 0.29) is 17.8 Å². The van der Waals surface area contributed by atoms with E-state index in [2.05, 4.69) is 31.4 Å². The minimum atomic E-state index is -0.232. The van der Waals surface area contributed by atoms with Gasteiger partial charge in [0.1, 0.15) is 5.82 Å². The molecule has 2 atom stereocenters. The Labute approximate surface area is 126 Å². The molecule has 1 aliphatic heterocycles. The normalized spacial score (nSPS) is 17.0. The molecule has 21 heavy (non-hydrogen) atoms. The minimum Gasteiger partial charge on any atom is -0.326 e. The molecule has 116 valence electrons. The van der Waals surface area contributed by atoms with Gasteiger partial charge in [0.2, 0.25) is 5.91 Å². The van der Waals surface area contributed by atoms with Crippen LogP contribution >= 0.6 is 0 Å². The molecule has 0 aliphatic carbocycles. The molecule has 0 aromatic heterocycles. The van der Waals surface area contributed by atoms with Crippen molar-refractivity contribution in [1.82, 2.24) is 5.32 Å². The summed E-state index contributed by atoms with van der Waals surface area (Å²) in [5.41, 5.74) is 2.40. The number of carbonyl (C=O) groups excluding carboxylic acids is 1. The van der Waals surface area contributed by atoms with Crippen LogP contribution in [0.2, 0.25) is 0 Å². The lowest BCUT2D eigenvalue weighted by Crippen LogP contribution is -2.29. The van der Waals surface area contributed by atoms with Crippen molar-refractivity contribution in [1.29, 1.82) is 0 Å². The SMILES string of the molecule is CCCNC(c1cc2c(cc1F)NC(=O)CC2)C(C)CC. The van der Waals surface area contributed by atoms with Crippen molar-refractivity contribution in [3.05, 3.63) is 29.1 Å². The Morgan fingerprint density at radius 1 is 1.33 bits per heavy atom. The quantitative estimate of drug-likeness (QED) is 0.837. The predicted molar refractivity (Wildman–Crippen MR) is 83.8 cm³/mol. The molecule has 0 saturated carbocycles. The number of hydrogen-bond donors (Lipinski definition) is 2. The highest BCUT2D eigenvalue weighted by molar-refractivity contribution is 5.93. The second kappa shape index (κ2) is 7.03. The Morgan fingerprint density at radius 3 is 2.76 bits per heavy atom. The van der Waals surface area contributed by atoms with Gasteiger partial charge in [-0.15, -0.1) is 0 Å². The zero-order valence-electron chi connectivity index (χ0n) is 13.1. The maximum Gasteiger partial charge on any atom is 0.224 e. The number of fused-ring (bicyclic) bond motifs is 1. The number of benzene rings is 1. The molecule has 1 aliphatic rings. The molecule has 0 bridgehead atoms. The van der Waals surface area contributed by atoms with Crippen molar-refractivity contribution in [2.45, 2.75) is 52.5 Å². The molecule has 1 amide bonds. The molecule has 2 unspecified atom stereocenters. The van der Waals surface area contributed by atoms with Crippen LogP contribution in [0.4, 0.5) is 10.1 Å². The third-order valence-corrected chi connectivity index (χ3v) is 4.28. The molecular weight excluding hydrogens is 267 g/mol. The highest BCUT2D eigenvalue weighted by Gasteiger charge is 2.24. The third-order valence-electron chi connectivity index (χ3n) is 4.28. The van der Waals surface area contributed by atoms with Crippen LogP contribution in [0.3, 0.4) is 0 Å². The van der Waals surface area contributed by atoms with Gasteiger partial charge in [0.15, 0.2) is 0 Å². The second-order valence-corrected chi connectivity index (χ2v) is 5.90. The Balaban J connectivity index is 2.34. The molecule has 0 radical (unpaired) electrons. The number of rotatable bonds is 6. The van der Waals surface area contributed by atoms with Crippen LogP contribution in [-0.2, 0) is 11.2 Å². The molecule has 1 heterocycles. The summed E-state index contributed by atoms with van der Waals surface area (Å²) in [6.45, 7) is 7.26. The lowest BCUT2D eigenvalue weighted by Gasteiger charge is -2.27. The van der Waals surface area contributed by atoms with Gasteiger partial charge in [-0.25, -0.2) is 4.39 Å². The van der Waals surface area contributed by atoms with Gasteiger partial charge in [0.05, 0.1) is 0 Å². The number of aryl methyl sites for hydroxylation is 1. The van der Waals surface area contributed by atoms with E-state index in [4.69, 9.17) is 0 Å². The summed E-state index contributed by atoms with van der Waals surface area (Å²) in [7, 11) is 0. The molecule has 2 N–H and O–H groups in total. The van der Waals surface area contributed by atoms with E-state index in [1.165, 1.54) is 6.07 Å². The molecule has 1 aromatic rings. The highest BCUT2D eigenvalue weighted by atomic mass is 19.1. The average Bonchev–Trinajstić information content (AvgIpc) is 2.47. The smallest absolute Gasteiger partial charge is 0.224 e. The van der Waals surface area contributed by atoms with Crippen LogP contribution in [0, 0.1) is 11.7 Å². The standard InChI is InChI=1S/C17H25FN2O/c1-4-8-19-17(11(3)5-2)13-9-12-6-7-16(21)20-15(12)10-14(13)18/h9-11,17,19H,4-8H2,1-3H3,(H,20,21). The van der Waals surface area contributed by atoms with Crippen LogP contribution in [0.25, 0.3) is 0 Å². The van der Waals surface area contributed by atoms with Gasteiger partial charge < -0.3 is 10.6 Å². The zero-order chi connectivity index (χ0) is 15.4. The summed E-state index contributed by atoms with van der Waals surface area (Å²) in [6, 6.07) is 3.44. The van der Waals surface area contributed by atoms with Gasteiger partial charge >= 0.3 is 0 Å². The summed E-state index contributed by atoms with van der Waals surface area (Å²) >= 11 is 0. The lowest BCUT2D eigenvalue weighted by molar-refractivity contribution is -0.116. The first-order valence-corrected chi connectivity index (χ1v) is 7.92. The summed E-state index contributed by atoms with van der Waals surface area (Å²) in [5, 5.41) is 6.22. The van der Waals surface area contributed by atoms with Crippen LogP contribution in [0.15, 0.2) is 12.1 Å². The molecule has 0 fully saturated rings. The van der Waals surface area contributed by atoms with Crippen LogP contribution in [0.1, 0.15) is 57.2 Å². The van der Waals surface area contributed by atoms with Crippen molar-refractivity contribution in [2.75, 3.05) is 11.9 Å². The predicted octanol–water partition coefficient (Wildman–Crippen LogP) is 3.80. The summed E-state index contributed by atoms with van der Waals surface area (Å²) in [6.07, 6.45) is 3.19. The molecule has 2 rings (SSSR count). The Bertz CT molecular complexity index is 516. The fourth-order valence-electron chi connectivity index (χ4n) is 2.81. The number of halogens is 1. The van der Waals surface area contributed by atoms with Crippen molar-refractivity contribution >= 4 is 11.6 Å². The molecule has 1 aromatic carbocycles. The Hall–Kier alpha value is -1.42. The fraction of sp³-hybridized carbons (Fsp3) is 0.588. The molecule has 4 heteroatoms. The second-order valence-electron chi connectivity index (χ2n) is 5.90. The summed E-state index contributed by atoms with van der Waals surface area (Å²) < 4.78 is 14.5. The van der Waals surface area contributed by atoms with E-state index >= 15 is 0 Å². The third kappa shape index (κ3) is 3.62. The lowest BCUT2D eigenvalue weighted by atomic mass is 9.89. The molecular formula is C17H25FN2O. The van der Waals surface area contributed by atoms with Gasteiger partial charge in [-0.3, -0.25) is 4.79 Å². The maximum atomic E-state index is 14.5. The van der Waals surface area contributed by atoms with Crippen LogP contribution < -0.4 is 10.6 Å². The van der Waals surface area contributed by atoms with Crippen molar-refractivity contribution < 1.29 is 9.18 Å². The van der Waals surface area contributed by atoms with Gasteiger partial charge in [-0.05, 0) is 43.0 Å². The van der Waals surface area contributed by atoms with E-state index in [9.17, 15) is 9.18 Å². The molecule has 0 spiro atoms. The monoisotopic (exact) mass is 292 g/mol. The van der Waals surface area contributed by atoms with Crippen molar-refractivity contribution in [3.8, 4) is 0 Å². The van der Waals surface area contributed by atoms with E-state index in [0.29, 0.717) is 24.4 Å². The summed E-state index contributed by atoms with van der Waals surface area (Å²) in [4.78, 5) is 11.4. The van der Waals surface area contributed by atoms with Gasteiger partial charge in [-0.1, -0.05) is 27.2 Å². The van der Waals surface area contributed by atoms with Gasteiger partial charge in [-0.2, -0.15) is 0 Å². The first-order chi connectivity index (χ1) is 10.1. The highest BCUT2D eigenvalue weighted by Crippen LogP contribution is 2.32. The molecule has 3 nitrogen and oxygen atoms in total. The van der Waals surface area contributed by atoms with Crippen molar-refractivity contribution in [2.24, 2.45) is 5.92 Å². The van der Waals surface area contributed by atoms with Crippen LogP contribution in [-0.4, -0.2) is 12.5 Å². The largest absolute Gasteiger partial charge is 0.326 e. The van der Waals surface area contributed by atoms with E-state index < -0.39 is 0 Å².